The number of ether oxygens (including phenoxy) is 1. The molecule has 0 aliphatic rings. The fraction of sp³-hybridized carbons (Fsp3) is 0.533. The summed E-state index contributed by atoms with van der Waals surface area (Å²) in [6.07, 6.45) is 0. The Morgan fingerprint density at radius 2 is 1.78 bits per heavy atom. The summed E-state index contributed by atoms with van der Waals surface area (Å²) in [6.45, 7) is 6.22. The second kappa shape index (κ2) is 5.88. The molecule has 98 valence electrons. The van der Waals surface area contributed by atoms with Gasteiger partial charge in [-0.15, -0.1) is 0 Å². The molecule has 18 heavy (non-hydrogen) atoms. The number of aryl methyl sites for hydroxylation is 2. The van der Waals surface area contributed by atoms with E-state index in [1.54, 1.807) is 7.11 Å². The minimum atomic E-state index is -0.152. The van der Waals surface area contributed by atoms with Crippen LogP contribution < -0.4 is 4.74 Å². The van der Waals surface area contributed by atoms with Crippen molar-refractivity contribution in [2.75, 3.05) is 21.2 Å². The number of nitriles is 1. The smallest absolute Gasteiger partial charge is 0.122 e. The van der Waals surface area contributed by atoms with Gasteiger partial charge in [0.2, 0.25) is 0 Å². The molecule has 2 unspecified atom stereocenters. The van der Waals surface area contributed by atoms with Crippen LogP contribution in [0.25, 0.3) is 0 Å². The first-order valence-corrected chi connectivity index (χ1v) is 6.13. The van der Waals surface area contributed by atoms with E-state index in [2.05, 4.69) is 32.9 Å². The largest absolute Gasteiger partial charge is 0.496 e. The first-order valence-electron chi connectivity index (χ1n) is 6.13. The van der Waals surface area contributed by atoms with Crippen LogP contribution in [0.3, 0.4) is 0 Å². The molecule has 3 heteroatoms. The number of benzene rings is 1. The van der Waals surface area contributed by atoms with Crippen LogP contribution in [0.1, 0.15) is 29.5 Å². The predicted octanol–water partition coefficient (Wildman–Crippen LogP) is 2.87. The molecule has 0 spiro atoms. The molecular formula is C15H22N2O. The summed E-state index contributed by atoms with van der Waals surface area (Å²) < 4.78 is 5.45. The Kier molecular flexibility index (Phi) is 4.75. The van der Waals surface area contributed by atoms with Gasteiger partial charge in [0.05, 0.1) is 13.2 Å². The first-order chi connectivity index (χ1) is 8.42. The number of hydrogen-bond donors (Lipinski definition) is 0. The van der Waals surface area contributed by atoms with Crippen molar-refractivity contribution in [3.8, 4) is 11.8 Å². The van der Waals surface area contributed by atoms with Crippen molar-refractivity contribution in [1.82, 2.24) is 4.90 Å². The van der Waals surface area contributed by atoms with Gasteiger partial charge >= 0.3 is 0 Å². The van der Waals surface area contributed by atoms with E-state index in [0.717, 1.165) is 11.3 Å². The third kappa shape index (κ3) is 2.83. The fourth-order valence-corrected chi connectivity index (χ4v) is 2.19. The highest BCUT2D eigenvalue weighted by molar-refractivity contribution is 5.44. The van der Waals surface area contributed by atoms with Gasteiger partial charge in [0.1, 0.15) is 11.8 Å². The van der Waals surface area contributed by atoms with Gasteiger partial charge in [-0.25, -0.2) is 0 Å². The summed E-state index contributed by atoms with van der Waals surface area (Å²) in [5.74, 6) is 0.979. The molecule has 0 amide bonds. The molecule has 0 radical (unpaired) electrons. The van der Waals surface area contributed by atoms with E-state index in [4.69, 9.17) is 4.74 Å². The van der Waals surface area contributed by atoms with Crippen LogP contribution in [-0.2, 0) is 0 Å². The van der Waals surface area contributed by atoms with Crippen molar-refractivity contribution in [2.24, 2.45) is 0 Å². The minimum absolute atomic E-state index is 0.110. The molecule has 0 aliphatic heterocycles. The number of hydrogen-bond acceptors (Lipinski definition) is 3. The highest BCUT2D eigenvalue weighted by Crippen LogP contribution is 2.32. The van der Waals surface area contributed by atoms with Crippen molar-refractivity contribution >= 4 is 0 Å². The second-order valence-electron chi connectivity index (χ2n) is 5.00. The lowest BCUT2D eigenvalue weighted by Gasteiger charge is -2.26. The molecule has 0 fully saturated rings. The summed E-state index contributed by atoms with van der Waals surface area (Å²) in [4.78, 5) is 1.94. The van der Waals surface area contributed by atoms with Crippen LogP contribution >= 0.6 is 0 Å². The number of nitrogens with zero attached hydrogens (tertiary/aromatic N) is 2. The lowest BCUT2D eigenvalue weighted by atomic mass is 9.90. The van der Waals surface area contributed by atoms with E-state index in [1.807, 2.05) is 25.1 Å². The van der Waals surface area contributed by atoms with Gasteiger partial charge in [0.15, 0.2) is 0 Å². The van der Waals surface area contributed by atoms with Crippen LogP contribution in [-0.4, -0.2) is 32.1 Å². The SMILES string of the molecule is COc1cc(C)c(C)cc1C(C)C(C#N)N(C)C. The van der Waals surface area contributed by atoms with Crippen molar-refractivity contribution < 1.29 is 4.74 Å². The Balaban J connectivity index is 3.24. The molecule has 0 heterocycles. The molecule has 0 saturated carbocycles. The minimum Gasteiger partial charge on any atom is -0.496 e. The fourth-order valence-electron chi connectivity index (χ4n) is 2.19. The van der Waals surface area contributed by atoms with E-state index in [0.29, 0.717) is 0 Å². The third-order valence-electron chi connectivity index (χ3n) is 3.50. The van der Waals surface area contributed by atoms with E-state index in [-0.39, 0.29) is 12.0 Å². The van der Waals surface area contributed by atoms with Gasteiger partial charge in [-0.05, 0) is 50.7 Å². The monoisotopic (exact) mass is 246 g/mol. The first kappa shape index (κ1) is 14.5. The number of methoxy groups -OCH3 is 1. The quantitative estimate of drug-likeness (QED) is 0.819. The third-order valence-corrected chi connectivity index (χ3v) is 3.50. The van der Waals surface area contributed by atoms with Crippen LogP contribution in [0.2, 0.25) is 0 Å². The number of rotatable bonds is 4. The summed E-state index contributed by atoms with van der Waals surface area (Å²) in [6, 6.07) is 6.38. The van der Waals surface area contributed by atoms with Gasteiger partial charge in [0, 0.05) is 5.92 Å². The second-order valence-corrected chi connectivity index (χ2v) is 5.00. The maximum atomic E-state index is 9.28. The standard InChI is InChI=1S/C15H22N2O/c1-10-7-13(15(18-6)8-11(10)2)12(3)14(9-16)17(4)5/h7-8,12,14H,1-6H3. The van der Waals surface area contributed by atoms with Crippen LogP contribution in [0.15, 0.2) is 12.1 Å². The zero-order valence-corrected chi connectivity index (χ0v) is 12.1. The molecule has 0 bridgehead atoms. The summed E-state index contributed by atoms with van der Waals surface area (Å²) in [5.41, 5.74) is 3.54. The van der Waals surface area contributed by atoms with Gasteiger partial charge in [-0.2, -0.15) is 5.26 Å². The van der Waals surface area contributed by atoms with Gasteiger partial charge in [0.25, 0.3) is 0 Å². The zero-order chi connectivity index (χ0) is 13.9. The topological polar surface area (TPSA) is 36.3 Å². The Morgan fingerprint density at radius 1 is 1.22 bits per heavy atom. The van der Waals surface area contributed by atoms with Crippen molar-refractivity contribution in [1.29, 1.82) is 5.26 Å². The van der Waals surface area contributed by atoms with E-state index in [9.17, 15) is 5.26 Å². The maximum absolute atomic E-state index is 9.28. The van der Waals surface area contributed by atoms with Gasteiger partial charge < -0.3 is 4.74 Å². The summed E-state index contributed by atoms with van der Waals surface area (Å²) in [7, 11) is 5.53. The molecule has 1 rings (SSSR count). The van der Waals surface area contributed by atoms with E-state index < -0.39 is 0 Å². The van der Waals surface area contributed by atoms with Crippen molar-refractivity contribution in [3.05, 3.63) is 28.8 Å². The Bertz CT molecular complexity index is 460. The lowest BCUT2D eigenvalue weighted by Crippen LogP contribution is -2.31. The Labute approximate surface area is 110 Å². The van der Waals surface area contributed by atoms with Gasteiger partial charge in [-0.3, -0.25) is 4.90 Å². The number of likely N-dealkylation sites (N-methyl/N-ethyl adjacent to an activating group) is 1. The predicted molar refractivity (Wildman–Crippen MR) is 74.0 cm³/mol. The Hall–Kier alpha value is -1.53. The van der Waals surface area contributed by atoms with Crippen LogP contribution in [0, 0.1) is 25.2 Å². The molecule has 2 atom stereocenters. The van der Waals surface area contributed by atoms with Gasteiger partial charge in [-0.1, -0.05) is 13.0 Å². The Morgan fingerprint density at radius 3 is 2.22 bits per heavy atom. The molecule has 1 aromatic carbocycles. The van der Waals surface area contributed by atoms with Crippen molar-refractivity contribution in [3.63, 3.8) is 0 Å². The summed E-state index contributed by atoms with van der Waals surface area (Å²) in [5, 5.41) is 9.28. The van der Waals surface area contributed by atoms with Crippen molar-refractivity contribution in [2.45, 2.75) is 32.7 Å². The molecular weight excluding hydrogens is 224 g/mol. The highest BCUT2D eigenvalue weighted by atomic mass is 16.5. The zero-order valence-electron chi connectivity index (χ0n) is 12.1. The van der Waals surface area contributed by atoms with E-state index in [1.165, 1.54) is 11.1 Å². The molecule has 0 aliphatic carbocycles. The normalized spacial score (nSPS) is 14.1. The molecule has 3 nitrogen and oxygen atoms in total. The lowest BCUT2D eigenvalue weighted by molar-refractivity contribution is 0.310. The van der Waals surface area contributed by atoms with E-state index >= 15 is 0 Å². The average Bonchev–Trinajstić information content (AvgIpc) is 2.32. The van der Waals surface area contributed by atoms with Crippen LogP contribution in [0.5, 0.6) is 5.75 Å². The average molecular weight is 246 g/mol. The maximum Gasteiger partial charge on any atom is 0.122 e. The molecule has 1 aromatic rings. The molecule has 0 aromatic heterocycles. The molecule has 0 saturated heterocycles. The van der Waals surface area contributed by atoms with Crippen LogP contribution in [0.4, 0.5) is 0 Å². The summed E-state index contributed by atoms with van der Waals surface area (Å²) >= 11 is 0. The highest BCUT2D eigenvalue weighted by Gasteiger charge is 2.23. The molecule has 0 N–H and O–H groups in total.